The number of aromatic amines is 1. The van der Waals surface area contributed by atoms with E-state index < -0.39 is 0 Å². The number of allylic oxidation sites excluding steroid dienone is 1. The molecule has 1 spiro atoms. The number of aromatic nitrogens is 2. The van der Waals surface area contributed by atoms with Gasteiger partial charge in [0.15, 0.2) is 0 Å². The van der Waals surface area contributed by atoms with Gasteiger partial charge in [-0.05, 0) is 68.1 Å². The van der Waals surface area contributed by atoms with Crippen LogP contribution in [-0.2, 0) is 12.8 Å². The predicted octanol–water partition coefficient (Wildman–Crippen LogP) is 3.55. The lowest BCUT2D eigenvalue weighted by molar-refractivity contribution is 0.214. The number of methoxy groups -OCH3 is 1. The zero-order chi connectivity index (χ0) is 22.6. The fourth-order valence-corrected chi connectivity index (χ4v) is 5.93. The Labute approximate surface area is 193 Å². The number of nitrogens with zero attached hydrogens (tertiary/aromatic N) is 3. The summed E-state index contributed by atoms with van der Waals surface area (Å²) in [7, 11) is 1.59. The molecule has 0 bridgehead atoms. The number of aryl methyl sites for hydroxylation is 1. The molecule has 2 fully saturated rings. The summed E-state index contributed by atoms with van der Waals surface area (Å²) in [6.45, 7) is 3.62. The number of H-pyrrole nitrogens is 1. The minimum absolute atomic E-state index is 0.0761. The van der Waals surface area contributed by atoms with Gasteiger partial charge in [-0.2, -0.15) is 0 Å². The van der Waals surface area contributed by atoms with Crippen LogP contribution in [0.4, 0.5) is 10.1 Å². The number of halogens is 1. The highest BCUT2D eigenvalue weighted by Gasteiger charge is 2.45. The number of rotatable bonds is 4. The Kier molecular flexibility index (Phi) is 5.05. The van der Waals surface area contributed by atoms with Crippen molar-refractivity contribution in [2.75, 3.05) is 38.2 Å². The first-order valence-electron chi connectivity index (χ1n) is 12.2. The average Bonchev–Trinajstić information content (AvgIpc) is 3.39. The van der Waals surface area contributed by atoms with E-state index in [9.17, 15) is 9.18 Å². The van der Waals surface area contributed by atoms with E-state index in [0.29, 0.717) is 17.2 Å². The normalized spacial score (nSPS) is 24.0. The number of anilines is 1. The third-order valence-corrected chi connectivity index (χ3v) is 8.18. The molecule has 1 aromatic carbocycles. The van der Waals surface area contributed by atoms with Crippen LogP contribution in [0.3, 0.4) is 0 Å². The van der Waals surface area contributed by atoms with Crippen LogP contribution >= 0.6 is 0 Å². The van der Waals surface area contributed by atoms with E-state index >= 15 is 0 Å². The largest absolute Gasteiger partial charge is 0.494 e. The second-order valence-electron chi connectivity index (χ2n) is 10.2. The van der Waals surface area contributed by atoms with Gasteiger partial charge in [0.05, 0.1) is 18.5 Å². The van der Waals surface area contributed by atoms with Gasteiger partial charge in [0.25, 0.3) is 5.56 Å². The smallest absolute Gasteiger partial charge is 0.254 e. The van der Waals surface area contributed by atoms with Crippen molar-refractivity contribution in [2.45, 2.75) is 51.0 Å². The van der Waals surface area contributed by atoms with Crippen molar-refractivity contribution >= 4 is 11.3 Å². The quantitative estimate of drug-likeness (QED) is 0.772. The maximum atomic E-state index is 13.6. The molecule has 3 aliphatic carbocycles. The zero-order valence-electron chi connectivity index (χ0n) is 19.2. The number of hydrogen-bond acceptors (Lipinski definition) is 5. The topological polar surface area (TPSA) is 61.5 Å². The van der Waals surface area contributed by atoms with Gasteiger partial charge in [-0.1, -0.05) is 6.08 Å². The first-order valence-corrected chi connectivity index (χ1v) is 12.2. The van der Waals surface area contributed by atoms with Crippen LogP contribution in [-0.4, -0.2) is 54.2 Å². The van der Waals surface area contributed by atoms with Gasteiger partial charge >= 0.3 is 0 Å². The van der Waals surface area contributed by atoms with Gasteiger partial charge in [-0.15, -0.1) is 0 Å². The summed E-state index contributed by atoms with van der Waals surface area (Å²) < 4.78 is 19.0. The number of benzene rings is 1. The molecule has 1 aliphatic heterocycles. The third-order valence-electron chi connectivity index (χ3n) is 8.18. The maximum absolute atomic E-state index is 13.6. The second kappa shape index (κ2) is 7.97. The van der Waals surface area contributed by atoms with Gasteiger partial charge in [0.1, 0.15) is 17.4 Å². The Hall–Kier alpha value is -2.67. The fraction of sp³-hybridized carbons (Fsp3) is 0.538. The Morgan fingerprint density at radius 2 is 1.97 bits per heavy atom. The summed E-state index contributed by atoms with van der Waals surface area (Å²) >= 11 is 0. The molecule has 0 radical (unpaired) electrons. The van der Waals surface area contributed by atoms with Crippen molar-refractivity contribution in [3.8, 4) is 5.75 Å². The molecule has 2 aromatic rings. The van der Waals surface area contributed by atoms with Crippen LogP contribution in [0.5, 0.6) is 5.75 Å². The summed E-state index contributed by atoms with van der Waals surface area (Å²) in [5, 5.41) is 0. The van der Waals surface area contributed by atoms with Crippen molar-refractivity contribution in [3.63, 3.8) is 0 Å². The number of ether oxygens (including phenoxy) is 1. The Morgan fingerprint density at radius 3 is 2.73 bits per heavy atom. The standard InChI is InChI=1S/C26H31FN4O2/c1-33-23-15-18(27)3-5-22(23)31-12-10-30(11-13-31)19-4-2-17(14-19)24-28-21-6-7-26(8-9-26)16-20(21)25(32)29-24/h3,5,14-15,19H,2,4,6-13,16H2,1H3,(H,28,29,32)/t19-/m1/s1. The first kappa shape index (κ1) is 20.9. The predicted molar refractivity (Wildman–Crippen MR) is 126 cm³/mol. The summed E-state index contributed by atoms with van der Waals surface area (Å²) in [6, 6.07) is 5.12. The van der Waals surface area contributed by atoms with Gasteiger partial charge < -0.3 is 14.6 Å². The minimum atomic E-state index is -0.279. The first-order chi connectivity index (χ1) is 16.0. The lowest BCUT2D eigenvalue weighted by Gasteiger charge is -2.39. The Bertz CT molecular complexity index is 1160. The lowest BCUT2D eigenvalue weighted by Crippen LogP contribution is -2.49. The molecule has 2 heterocycles. The van der Waals surface area contributed by atoms with Crippen molar-refractivity contribution in [2.24, 2.45) is 5.41 Å². The van der Waals surface area contributed by atoms with Crippen molar-refractivity contribution < 1.29 is 9.13 Å². The molecular weight excluding hydrogens is 419 g/mol. The molecule has 0 amide bonds. The lowest BCUT2D eigenvalue weighted by atomic mass is 9.84. The molecule has 1 saturated heterocycles. The van der Waals surface area contributed by atoms with Crippen molar-refractivity contribution in [1.82, 2.24) is 14.9 Å². The van der Waals surface area contributed by atoms with Crippen LogP contribution in [0.25, 0.3) is 5.57 Å². The SMILES string of the molecule is COc1cc(F)ccc1N1CCN([C@H]2C=C(c3nc4c(c(=O)[nH]3)CC3(CC4)CC3)CC2)CC1. The summed E-state index contributed by atoms with van der Waals surface area (Å²) in [6.07, 6.45) is 9.88. The summed E-state index contributed by atoms with van der Waals surface area (Å²) in [4.78, 5) is 25.6. The minimum Gasteiger partial charge on any atom is -0.494 e. The Balaban J connectivity index is 1.14. The number of hydrogen-bond donors (Lipinski definition) is 1. The molecule has 6 nitrogen and oxygen atoms in total. The monoisotopic (exact) mass is 450 g/mol. The molecule has 7 heteroatoms. The molecule has 33 heavy (non-hydrogen) atoms. The number of piperazine rings is 1. The average molecular weight is 451 g/mol. The van der Waals surface area contributed by atoms with E-state index in [2.05, 4.69) is 20.9 Å². The van der Waals surface area contributed by atoms with Crippen LogP contribution in [0.2, 0.25) is 0 Å². The van der Waals surface area contributed by atoms with E-state index in [0.717, 1.165) is 74.6 Å². The van der Waals surface area contributed by atoms with E-state index in [1.165, 1.54) is 37.0 Å². The third kappa shape index (κ3) is 3.86. The van der Waals surface area contributed by atoms with Gasteiger partial charge in [0.2, 0.25) is 0 Å². The van der Waals surface area contributed by atoms with Crippen LogP contribution in [0.15, 0.2) is 29.1 Å². The van der Waals surface area contributed by atoms with E-state index in [4.69, 9.17) is 9.72 Å². The summed E-state index contributed by atoms with van der Waals surface area (Å²) in [5.41, 5.74) is 4.58. The van der Waals surface area contributed by atoms with Crippen LogP contribution in [0.1, 0.15) is 49.2 Å². The van der Waals surface area contributed by atoms with E-state index in [1.807, 2.05) is 0 Å². The number of fused-ring (bicyclic) bond motifs is 1. The van der Waals surface area contributed by atoms with Gasteiger partial charge in [-0.3, -0.25) is 9.69 Å². The van der Waals surface area contributed by atoms with Crippen LogP contribution in [0, 0.1) is 11.2 Å². The van der Waals surface area contributed by atoms with E-state index in [1.54, 1.807) is 13.2 Å². The molecule has 1 N–H and O–H groups in total. The molecule has 1 aromatic heterocycles. The molecule has 0 unspecified atom stereocenters. The van der Waals surface area contributed by atoms with Crippen molar-refractivity contribution in [3.05, 3.63) is 57.5 Å². The molecule has 1 saturated carbocycles. The maximum Gasteiger partial charge on any atom is 0.254 e. The summed E-state index contributed by atoms with van der Waals surface area (Å²) in [5.74, 6) is 1.09. The second-order valence-corrected chi connectivity index (χ2v) is 10.2. The fourth-order valence-electron chi connectivity index (χ4n) is 5.93. The highest BCUT2D eigenvalue weighted by Crippen LogP contribution is 2.53. The molecular formula is C26H31FN4O2. The van der Waals surface area contributed by atoms with Gasteiger partial charge in [-0.25, -0.2) is 9.37 Å². The highest BCUT2D eigenvalue weighted by molar-refractivity contribution is 5.63. The molecule has 1 atom stereocenters. The van der Waals surface area contributed by atoms with E-state index in [-0.39, 0.29) is 11.4 Å². The Morgan fingerprint density at radius 1 is 1.15 bits per heavy atom. The zero-order valence-corrected chi connectivity index (χ0v) is 19.2. The van der Waals surface area contributed by atoms with Crippen LogP contribution < -0.4 is 15.2 Å². The number of nitrogens with one attached hydrogen (secondary N) is 1. The molecule has 174 valence electrons. The van der Waals surface area contributed by atoms with Crippen molar-refractivity contribution in [1.29, 1.82) is 0 Å². The molecule has 6 rings (SSSR count). The van der Waals surface area contributed by atoms with Gasteiger partial charge in [0, 0.05) is 43.9 Å². The molecule has 4 aliphatic rings. The highest BCUT2D eigenvalue weighted by atomic mass is 19.1.